The normalized spacial score (nSPS) is 24.8. The molecule has 3 heterocycles. The van der Waals surface area contributed by atoms with Crippen LogP contribution in [0.15, 0.2) is 54.6 Å². The molecule has 2 atom stereocenters. The van der Waals surface area contributed by atoms with E-state index < -0.39 is 0 Å². The highest BCUT2D eigenvalue weighted by molar-refractivity contribution is 5.70. The standard InChI is InChI=1S/C24H27NO2/c1-2-6-18(7-3-1)17-25-21-8-4-9-22(25)15-20(14-21)19-10-11-23-24(16-19)27-13-5-12-26-23/h1-3,6-7,10-11,14,16,21-22H,4-5,8-9,12-13,15,17H2. The van der Waals surface area contributed by atoms with Crippen LogP contribution in [0.2, 0.25) is 0 Å². The first-order valence-electron chi connectivity index (χ1n) is 10.3. The molecular weight excluding hydrogens is 334 g/mol. The van der Waals surface area contributed by atoms with E-state index in [0.29, 0.717) is 12.1 Å². The zero-order chi connectivity index (χ0) is 18.1. The predicted octanol–water partition coefficient (Wildman–Crippen LogP) is 5.06. The lowest BCUT2D eigenvalue weighted by Gasteiger charge is -2.45. The third kappa shape index (κ3) is 3.49. The summed E-state index contributed by atoms with van der Waals surface area (Å²) in [5.41, 5.74) is 4.20. The topological polar surface area (TPSA) is 21.7 Å². The fourth-order valence-corrected chi connectivity index (χ4v) is 4.74. The van der Waals surface area contributed by atoms with Gasteiger partial charge in [0.1, 0.15) is 0 Å². The van der Waals surface area contributed by atoms with Crippen molar-refractivity contribution in [2.24, 2.45) is 0 Å². The van der Waals surface area contributed by atoms with E-state index in [-0.39, 0.29) is 0 Å². The molecule has 140 valence electrons. The lowest BCUT2D eigenvalue weighted by molar-refractivity contribution is 0.0951. The lowest BCUT2D eigenvalue weighted by Crippen LogP contribution is -2.47. The van der Waals surface area contributed by atoms with E-state index in [2.05, 4.69) is 59.5 Å². The van der Waals surface area contributed by atoms with Crippen LogP contribution < -0.4 is 9.47 Å². The van der Waals surface area contributed by atoms with Gasteiger partial charge in [-0.3, -0.25) is 4.90 Å². The van der Waals surface area contributed by atoms with Crippen LogP contribution in [-0.2, 0) is 6.54 Å². The molecule has 0 N–H and O–H groups in total. The van der Waals surface area contributed by atoms with Crippen LogP contribution in [0.25, 0.3) is 5.57 Å². The molecule has 5 rings (SSSR count). The zero-order valence-corrected chi connectivity index (χ0v) is 15.8. The van der Waals surface area contributed by atoms with Crippen molar-refractivity contribution in [2.75, 3.05) is 13.2 Å². The Morgan fingerprint density at radius 2 is 1.74 bits per heavy atom. The van der Waals surface area contributed by atoms with E-state index in [1.54, 1.807) is 0 Å². The van der Waals surface area contributed by atoms with Crippen LogP contribution in [0, 0.1) is 0 Å². The summed E-state index contributed by atoms with van der Waals surface area (Å²) in [4.78, 5) is 2.71. The van der Waals surface area contributed by atoms with Crippen LogP contribution >= 0.6 is 0 Å². The summed E-state index contributed by atoms with van der Waals surface area (Å²) in [6.07, 6.45) is 8.49. The minimum Gasteiger partial charge on any atom is -0.490 e. The smallest absolute Gasteiger partial charge is 0.161 e. The van der Waals surface area contributed by atoms with Gasteiger partial charge in [-0.2, -0.15) is 0 Å². The van der Waals surface area contributed by atoms with Gasteiger partial charge in [0.25, 0.3) is 0 Å². The average molecular weight is 361 g/mol. The van der Waals surface area contributed by atoms with Crippen LogP contribution in [-0.4, -0.2) is 30.2 Å². The van der Waals surface area contributed by atoms with E-state index in [1.165, 1.54) is 36.0 Å². The molecule has 2 aromatic carbocycles. The number of benzene rings is 2. The number of ether oxygens (including phenoxy) is 2. The molecule has 0 amide bonds. The van der Waals surface area contributed by atoms with E-state index in [4.69, 9.17) is 9.47 Å². The van der Waals surface area contributed by atoms with Gasteiger partial charge in [0.05, 0.1) is 13.2 Å². The Hall–Kier alpha value is -2.26. The Morgan fingerprint density at radius 1 is 0.889 bits per heavy atom. The van der Waals surface area contributed by atoms with Crippen molar-refractivity contribution >= 4 is 5.57 Å². The second kappa shape index (κ2) is 7.40. The Kier molecular flexibility index (Phi) is 4.62. The second-order valence-electron chi connectivity index (χ2n) is 7.92. The fourth-order valence-electron chi connectivity index (χ4n) is 4.74. The number of piperidine rings is 1. The Morgan fingerprint density at radius 3 is 2.59 bits per heavy atom. The van der Waals surface area contributed by atoms with Crippen molar-refractivity contribution in [3.63, 3.8) is 0 Å². The summed E-state index contributed by atoms with van der Waals surface area (Å²) >= 11 is 0. The Balaban J connectivity index is 1.41. The minimum absolute atomic E-state index is 0.545. The number of rotatable bonds is 3. The summed E-state index contributed by atoms with van der Waals surface area (Å²) in [6.45, 7) is 2.54. The maximum absolute atomic E-state index is 5.91. The first-order chi connectivity index (χ1) is 13.4. The summed E-state index contributed by atoms with van der Waals surface area (Å²) < 4.78 is 11.7. The molecule has 27 heavy (non-hydrogen) atoms. The van der Waals surface area contributed by atoms with Gasteiger partial charge in [0.2, 0.25) is 0 Å². The quantitative estimate of drug-likeness (QED) is 0.763. The van der Waals surface area contributed by atoms with Gasteiger partial charge in [0, 0.05) is 25.0 Å². The molecule has 2 unspecified atom stereocenters. The summed E-state index contributed by atoms with van der Waals surface area (Å²) in [5, 5.41) is 0. The number of hydrogen-bond acceptors (Lipinski definition) is 3. The monoisotopic (exact) mass is 361 g/mol. The number of hydrogen-bond donors (Lipinski definition) is 0. The van der Waals surface area contributed by atoms with Gasteiger partial charge < -0.3 is 9.47 Å². The first kappa shape index (κ1) is 16.9. The number of fused-ring (bicyclic) bond motifs is 3. The van der Waals surface area contributed by atoms with Gasteiger partial charge in [-0.15, -0.1) is 0 Å². The second-order valence-corrected chi connectivity index (χ2v) is 7.92. The molecular formula is C24H27NO2. The third-order valence-electron chi connectivity index (χ3n) is 6.11. The lowest BCUT2D eigenvalue weighted by atomic mass is 9.82. The SMILES string of the molecule is C1=C(c2ccc3c(c2)OCCCO3)CC2CCCC1N2Cc1ccccc1. The molecule has 0 aliphatic carbocycles. The van der Waals surface area contributed by atoms with Crippen LogP contribution in [0.5, 0.6) is 11.5 Å². The minimum atomic E-state index is 0.545. The van der Waals surface area contributed by atoms with E-state index in [1.807, 2.05) is 0 Å². The predicted molar refractivity (Wildman–Crippen MR) is 108 cm³/mol. The van der Waals surface area contributed by atoms with Gasteiger partial charge in [-0.05, 0) is 48.1 Å². The maximum Gasteiger partial charge on any atom is 0.161 e. The first-order valence-corrected chi connectivity index (χ1v) is 10.3. The van der Waals surface area contributed by atoms with Crippen molar-refractivity contribution in [3.8, 4) is 11.5 Å². The average Bonchev–Trinajstić information content (AvgIpc) is 2.93. The van der Waals surface area contributed by atoms with Crippen LogP contribution in [0.1, 0.15) is 43.2 Å². The highest BCUT2D eigenvalue weighted by Crippen LogP contribution is 2.40. The fraction of sp³-hybridized carbons (Fsp3) is 0.417. The molecule has 1 saturated heterocycles. The summed E-state index contributed by atoms with van der Waals surface area (Å²) in [6, 6.07) is 18.6. The van der Waals surface area contributed by atoms with Crippen molar-refractivity contribution in [3.05, 3.63) is 65.7 Å². The van der Waals surface area contributed by atoms with Crippen molar-refractivity contribution < 1.29 is 9.47 Å². The molecule has 3 heteroatoms. The highest BCUT2D eigenvalue weighted by atomic mass is 16.5. The van der Waals surface area contributed by atoms with Gasteiger partial charge >= 0.3 is 0 Å². The summed E-state index contributed by atoms with van der Waals surface area (Å²) in [5.74, 6) is 1.79. The molecule has 0 aromatic heterocycles. The Labute approximate surface area is 161 Å². The van der Waals surface area contributed by atoms with Gasteiger partial charge in [0.15, 0.2) is 11.5 Å². The van der Waals surface area contributed by atoms with E-state index in [0.717, 1.165) is 44.1 Å². The molecule has 3 aliphatic heterocycles. The molecule has 2 aromatic rings. The van der Waals surface area contributed by atoms with E-state index in [9.17, 15) is 0 Å². The zero-order valence-electron chi connectivity index (χ0n) is 15.8. The molecule has 3 nitrogen and oxygen atoms in total. The molecule has 2 bridgehead atoms. The molecule has 1 fully saturated rings. The van der Waals surface area contributed by atoms with Gasteiger partial charge in [-0.1, -0.05) is 48.9 Å². The Bertz CT molecular complexity index is 830. The molecule has 0 radical (unpaired) electrons. The summed E-state index contributed by atoms with van der Waals surface area (Å²) in [7, 11) is 0. The number of nitrogens with zero attached hydrogens (tertiary/aromatic N) is 1. The molecule has 3 aliphatic rings. The molecule has 0 saturated carbocycles. The van der Waals surface area contributed by atoms with Crippen molar-refractivity contribution in [1.29, 1.82) is 0 Å². The van der Waals surface area contributed by atoms with Crippen molar-refractivity contribution in [1.82, 2.24) is 4.90 Å². The maximum atomic E-state index is 5.91. The van der Waals surface area contributed by atoms with E-state index >= 15 is 0 Å². The van der Waals surface area contributed by atoms with Crippen molar-refractivity contribution in [2.45, 2.75) is 50.7 Å². The van der Waals surface area contributed by atoms with Crippen LogP contribution in [0.3, 0.4) is 0 Å². The van der Waals surface area contributed by atoms with Crippen LogP contribution in [0.4, 0.5) is 0 Å². The third-order valence-corrected chi connectivity index (χ3v) is 6.11. The largest absolute Gasteiger partial charge is 0.490 e. The van der Waals surface area contributed by atoms with Gasteiger partial charge in [-0.25, -0.2) is 0 Å². The highest BCUT2D eigenvalue weighted by Gasteiger charge is 2.34. The molecule has 0 spiro atoms.